The predicted octanol–water partition coefficient (Wildman–Crippen LogP) is 4.97. The Balaban J connectivity index is 2.09. The summed E-state index contributed by atoms with van der Waals surface area (Å²) in [4.78, 5) is 12.3. The van der Waals surface area contributed by atoms with Crippen molar-refractivity contribution in [3.8, 4) is 0 Å². The summed E-state index contributed by atoms with van der Waals surface area (Å²) in [6.45, 7) is 3.04. The summed E-state index contributed by atoms with van der Waals surface area (Å²) in [5.41, 5.74) is 2.45. The summed E-state index contributed by atoms with van der Waals surface area (Å²) in [6.07, 6.45) is 6.99. The van der Waals surface area contributed by atoms with Crippen molar-refractivity contribution in [2.24, 2.45) is 0 Å². The summed E-state index contributed by atoms with van der Waals surface area (Å²) in [7, 11) is 0. The van der Waals surface area contributed by atoms with Crippen LogP contribution in [0.3, 0.4) is 0 Å². The smallest absolute Gasteiger partial charge is 0.299 e. The normalized spacial score (nSPS) is 11.3. The fraction of sp³-hybridized carbons (Fsp3) is 0.562. The molecule has 1 aromatic carbocycles. The highest BCUT2D eigenvalue weighted by molar-refractivity contribution is 9.09. The summed E-state index contributed by atoms with van der Waals surface area (Å²) < 4.78 is 3.09. The second-order valence-corrected chi connectivity index (χ2v) is 6.96. The van der Waals surface area contributed by atoms with Crippen LogP contribution in [-0.4, -0.2) is 9.90 Å². The van der Waals surface area contributed by atoms with Crippen LogP contribution in [0.25, 0.3) is 10.2 Å². The number of aryl methyl sites for hydroxylation is 2. The largest absolute Gasteiger partial charge is 0.308 e. The first-order valence-corrected chi connectivity index (χ1v) is 9.38. The number of unbranched alkanes of at least 4 members (excludes halogenated alkanes) is 3. The number of aromatic nitrogens is 1. The van der Waals surface area contributed by atoms with E-state index < -0.39 is 0 Å². The van der Waals surface area contributed by atoms with Crippen molar-refractivity contribution in [3.63, 3.8) is 0 Å². The van der Waals surface area contributed by atoms with Gasteiger partial charge in [-0.1, -0.05) is 59.5 Å². The highest BCUT2D eigenvalue weighted by atomic mass is 79.9. The monoisotopic (exact) mass is 355 g/mol. The standard InChI is InChI=1S/C16H22BrNOS/c1-2-7-13-8-9-14-15(12-13)20-16(19)18(14)11-6-4-3-5-10-17/h8-9,12H,2-7,10-11H2,1H3. The zero-order valence-electron chi connectivity index (χ0n) is 12.0. The molecule has 0 N–H and O–H groups in total. The van der Waals surface area contributed by atoms with Crippen molar-refractivity contribution in [3.05, 3.63) is 33.4 Å². The van der Waals surface area contributed by atoms with Gasteiger partial charge in [0.1, 0.15) is 0 Å². The van der Waals surface area contributed by atoms with E-state index in [1.165, 1.54) is 36.2 Å². The lowest BCUT2D eigenvalue weighted by Gasteiger charge is -2.04. The Kier molecular flexibility index (Phi) is 6.30. The molecule has 110 valence electrons. The molecular formula is C16H22BrNOS. The molecule has 0 bridgehead atoms. The van der Waals surface area contributed by atoms with Crippen LogP contribution in [0.15, 0.2) is 23.0 Å². The van der Waals surface area contributed by atoms with E-state index in [1.54, 1.807) is 0 Å². The lowest BCUT2D eigenvalue weighted by molar-refractivity contribution is 0.590. The van der Waals surface area contributed by atoms with Crippen molar-refractivity contribution >= 4 is 37.5 Å². The van der Waals surface area contributed by atoms with Gasteiger partial charge in [0.15, 0.2) is 0 Å². The van der Waals surface area contributed by atoms with Crippen molar-refractivity contribution in [1.29, 1.82) is 0 Å². The van der Waals surface area contributed by atoms with Gasteiger partial charge in [0.25, 0.3) is 0 Å². The van der Waals surface area contributed by atoms with E-state index in [9.17, 15) is 4.79 Å². The van der Waals surface area contributed by atoms with E-state index in [0.717, 1.165) is 41.4 Å². The Hall–Kier alpha value is -0.610. The van der Waals surface area contributed by atoms with E-state index in [1.807, 2.05) is 4.57 Å². The maximum atomic E-state index is 12.1. The molecule has 4 heteroatoms. The maximum absolute atomic E-state index is 12.1. The van der Waals surface area contributed by atoms with Crippen LogP contribution >= 0.6 is 27.3 Å². The summed E-state index contributed by atoms with van der Waals surface area (Å²) in [5.74, 6) is 0. The van der Waals surface area contributed by atoms with E-state index in [4.69, 9.17) is 0 Å². The minimum atomic E-state index is 0.189. The zero-order chi connectivity index (χ0) is 14.4. The van der Waals surface area contributed by atoms with Crippen LogP contribution < -0.4 is 4.87 Å². The molecule has 2 rings (SSSR count). The van der Waals surface area contributed by atoms with Crippen molar-refractivity contribution < 1.29 is 0 Å². The average molecular weight is 356 g/mol. The molecule has 0 saturated heterocycles. The van der Waals surface area contributed by atoms with Crippen LogP contribution in [0.2, 0.25) is 0 Å². The molecule has 20 heavy (non-hydrogen) atoms. The molecule has 0 aliphatic heterocycles. The molecule has 0 aliphatic rings. The Bertz CT molecular complexity index is 602. The van der Waals surface area contributed by atoms with Crippen molar-refractivity contribution in [2.75, 3.05) is 5.33 Å². The third kappa shape index (κ3) is 3.95. The average Bonchev–Trinajstić information content (AvgIpc) is 2.74. The van der Waals surface area contributed by atoms with Gasteiger partial charge < -0.3 is 0 Å². The number of fused-ring (bicyclic) bond motifs is 1. The Morgan fingerprint density at radius 3 is 2.75 bits per heavy atom. The molecule has 1 heterocycles. The minimum Gasteiger partial charge on any atom is -0.299 e. The first kappa shape index (κ1) is 15.8. The number of hydrogen-bond acceptors (Lipinski definition) is 2. The minimum absolute atomic E-state index is 0.189. The summed E-state index contributed by atoms with van der Waals surface area (Å²) in [5, 5.41) is 1.08. The SMILES string of the molecule is CCCc1ccc2c(c1)sc(=O)n2CCCCCCBr. The molecule has 0 amide bonds. The van der Waals surface area contributed by atoms with Gasteiger partial charge in [-0.2, -0.15) is 0 Å². The quantitative estimate of drug-likeness (QED) is 0.483. The zero-order valence-corrected chi connectivity index (χ0v) is 14.4. The lowest BCUT2D eigenvalue weighted by atomic mass is 10.1. The Labute approximate surface area is 132 Å². The number of rotatable bonds is 8. The number of nitrogens with zero attached hydrogens (tertiary/aromatic N) is 1. The van der Waals surface area contributed by atoms with Crippen molar-refractivity contribution in [1.82, 2.24) is 4.57 Å². The molecule has 0 fully saturated rings. The van der Waals surface area contributed by atoms with E-state index in [-0.39, 0.29) is 4.87 Å². The predicted molar refractivity (Wildman–Crippen MR) is 92.3 cm³/mol. The molecular weight excluding hydrogens is 334 g/mol. The van der Waals surface area contributed by atoms with Crippen LogP contribution in [0.1, 0.15) is 44.6 Å². The molecule has 0 atom stereocenters. The maximum Gasteiger partial charge on any atom is 0.308 e. The van der Waals surface area contributed by atoms with Gasteiger partial charge in [-0.25, -0.2) is 0 Å². The van der Waals surface area contributed by atoms with Crippen LogP contribution in [0.4, 0.5) is 0 Å². The molecule has 0 radical (unpaired) electrons. The fourth-order valence-corrected chi connectivity index (χ4v) is 3.86. The number of benzene rings is 1. The van der Waals surface area contributed by atoms with E-state index in [0.29, 0.717) is 0 Å². The molecule has 2 aromatic rings. The van der Waals surface area contributed by atoms with Crippen LogP contribution in [0, 0.1) is 0 Å². The van der Waals surface area contributed by atoms with Gasteiger partial charge in [0.05, 0.1) is 10.2 Å². The summed E-state index contributed by atoms with van der Waals surface area (Å²) >= 11 is 4.84. The van der Waals surface area contributed by atoms with Gasteiger partial charge in [-0.3, -0.25) is 9.36 Å². The molecule has 0 aliphatic carbocycles. The lowest BCUT2D eigenvalue weighted by Crippen LogP contribution is -2.12. The topological polar surface area (TPSA) is 22.0 Å². The molecule has 1 aromatic heterocycles. The summed E-state index contributed by atoms with van der Waals surface area (Å²) in [6, 6.07) is 6.47. The van der Waals surface area contributed by atoms with Crippen LogP contribution in [-0.2, 0) is 13.0 Å². The second kappa shape index (κ2) is 7.99. The van der Waals surface area contributed by atoms with Gasteiger partial charge in [0.2, 0.25) is 0 Å². The third-order valence-corrected chi connectivity index (χ3v) is 5.04. The van der Waals surface area contributed by atoms with Gasteiger partial charge in [-0.05, 0) is 37.0 Å². The van der Waals surface area contributed by atoms with E-state index in [2.05, 4.69) is 41.1 Å². The number of thiazole rings is 1. The van der Waals surface area contributed by atoms with Gasteiger partial charge in [-0.15, -0.1) is 0 Å². The molecule has 0 unspecified atom stereocenters. The van der Waals surface area contributed by atoms with Crippen molar-refractivity contribution in [2.45, 2.75) is 52.0 Å². The first-order valence-electron chi connectivity index (χ1n) is 7.44. The third-order valence-electron chi connectivity index (χ3n) is 3.54. The Morgan fingerprint density at radius 1 is 1.20 bits per heavy atom. The number of hydrogen-bond donors (Lipinski definition) is 0. The fourth-order valence-electron chi connectivity index (χ4n) is 2.48. The second-order valence-electron chi connectivity index (χ2n) is 5.17. The molecule has 0 saturated carbocycles. The highest BCUT2D eigenvalue weighted by Crippen LogP contribution is 2.20. The van der Waals surface area contributed by atoms with Crippen LogP contribution in [0.5, 0.6) is 0 Å². The molecule has 0 spiro atoms. The van der Waals surface area contributed by atoms with Gasteiger partial charge in [0, 0.05) is 11.9 Å². The Morgan fingerprint density at radius 2 is 2.00 bits per heavy atom. The first-order chi connectivity index (χ1) is 9.76. The number of halogens is 1. The molecule has 2 nitrogen and oxygen atoms in total. The number of alkyl halides is 1. The highest BCUT2D eigenvalue weighted by Gasteiger charge is 2.07. The van der Waals surface area contributed by atoms with Gasteiger partial charge >= 0.3 is 4.87 Å². The van der Waals surface area contributed by atoms with E-state index >= 15 is 0 Å².